The van der Waals surface area contributed by atoms with Crippen LogP contribution in [-0.2, 0) is 0 Å². The van der Waals surface area contributed by atoms with Gasteiger partial charge in [-0.15, -0.1) is 0 Å². The first kappa shape index (κ1) is 13.7. The van der Waals surface area contributed by atoms with Gasteiger partial charge in [0.2, 0.25) is 0 Å². The summed E-state index contributed by atoms with van der Waals surface area (Å²) >= 11 is 0. The molecule has 0 spiro atoms. The van der Waals surface area contributed by atoms with Crippen molar-refractivity contribution >= 4 is 17.9 Å². The Morgan fingerprint density at radius 3 is 1.87 bits per heavy atom. The van der Waals surface area contributed by atoms with Crippen LogP contribution in [0.4, 0.5) is 17.6 Å². The van der Waals surface area contributed by atoms with Crippen LogP contribution in [0, 0.1) is 5.41 Å². The van der Waals surface area contributed by atoms with E-state index in [1.807, 2.05) is 0 Å². The first-order chi connectivity index (χ1) is 6.59. The summed E-state index contributed by atoms with van der Waals surface area (Å²) in [7, 11) is 0. The number of amidine groups is 2. The van der Waals surface area contributed by atoms with Crippen LogP contribution in [0.15, 0.2) is 9.98 Å². The van der Waals surface area contributed by atoms with Crippen LogP contribution in [-0.4, -0.2) is 29.7 Å². The van der Waals surface area contributed by atoms with Gasteiger partial charge in [-0.1, -0.05) is 0 Å². The van der Waals surface area contributed by atoms with E-state index in [0.29, 0.717) is 13.8 Å². The average molecular weight is 225 g/mol. The number of nitrogens with one attached hydrogen (secondary N) is 1. The molecule has 0 amide bonds. The minimum Gasteiger partial charge on any atom is -0.281 e. The SMILES string of the molecule is CC=NC(=NC(=N)C(C)(F)F)C(C)(F)F. The number of halogens is 4. The van der Waals surface area contributed by atoms with Gasteiger partial charge in [0.25, 0.3) is 0 Å². The number of hydrogen-bond donors (Lipinski definition) is 1. The zero-order valence-electron chi connectivity index (χ0n) is 8.48. The number of alkyl halides is 4. The Morgan fingerprint density at radius 1 is 1.13 bits per heavy atom. The smallest absolute Gasteiger partial charge is 0.281 e. The molecule has 86 valence electrons. The third kappa shape index (κ3) is 4.66. The van der Waals surface area contributed by atoms with Crippen LogP contribution in [0.5, 0.6) is 0 Å². The average Bonchev–Trinajstić information content (AvgIpc) is 1.99. The fraction of sp³-hybridized carbons (Fsp3) is 0.625. The molecule has 0 saturated heterocycles. The maximum Gasteiger partial charge on any atom is 0.303 e. The molecule has 0 unspecified atom stereocenters. The molecule has 0 aromatic rings. The highest BCUT2D eigenvalue weighted by atomic mass is 19.3. The van der Waals surface area contributed by atoms with Crippen LogP contribution in [0.1, 0.15) is 20.8 Å². The maximum atomic E-state index is 12.7. The van der Waals surface area contributed by atoms with Gasteiger partial charge in [0.1, 0.15) is 0 Å². The molecular formula is C8H11F4N3. The zero-order valence-corrected chi connectivity index (χ0v) is 8.48. The van der Waals surface area contributed by atoms with E-state index in [4.69, 9.17) is 5.41 Å². The Labute approximate surface area is 84.4 Å². The fourth-order valence-electron chi connectivity index (χ4n) is 0.567. The van der Waals surface area contributed by atoms with Gasteiger partial charge in [-0.25, -0.2) is 9.98 Å². The van der Waals surface area contributed by atoms with Crippen molar-refractivity contribution in [1.82, 2.24) is 0 Å². The Balaban J connectivity index is 5.12. The van der Waals surface area contributed by atoms with Gasteiger partial charge >= 0.3 is 11.8 Å². The van der Waals surface area contributed by atoms with E-state index in [9.17, 15) is 17.6 Å². The molecule has 7 heteroatoms. The monoisotopic (exact) mass is 225 g/mol. The topological polar surface area (TPSA) is 48.6 Å². The molecule has 0 aromatic heterocycles. The zero-order chi connectivity index (χ0) is 12.3. The fourth-order valence-corrected chi connectivity index (χ4v) is 0.567. The van der Waals surface area contributed by atoms with Gasteiger partial charge < -0.3 is 0 Å². The van der Waals surface area contributed by atoms with E-state index in [1.165, 1.54) is 6.92 Å². The summed E-state index contributed by atoms with van der Waals surface area (Å²) in [5.74, 6) is -9.55. The van der Waals surface area contributed by atoms with Crippen molar-refractivity contribution in [2.24, 2.45) is 9.98 Å². The van der Waals surface area contributed by atoms with E-state index < -0.39 is 23.5 Å². The third-order valence-electron chi connectivity index (χ3n) is 1.28. The minimum atomic E-state index is -3.56. The van der Waals surface area contributed by atoms with E-state index >= 15 is 0 Å². The summed E-state index contributed by atoms with van der Waals surface area (Å²) < 4.78 is 50.4. The lowest BCUT2D eigenvalue weighted by Crippen LogP contribution is -2.28. The standard InChI is InChI=1S/C8H11F4N3/c1-4-14-6(8(3,11)12)15-5(13)7(2,9)10/h4,13H,1-3H3. The molecule has 0 fully saturated rings. The molecule has 0 heterocycles. The quantitative estimate of drug-likeness (QED) is 0.427. The van der Waals surface area contributed by atoms with Crippen molar-refractivity contribution in [2.45, 2.75) is 32.6 Å². The van der Waals surface area contributed by atoms with Gasteiger partial charge in [-0.3, -0.25) is 5.41 Å². The molecule has 0 bridgehead atoms. The molecule has 0 aromatic carbocycles. The van der Waals surface area contributed by atoms with E-state index in [0.717, 1.165) is 6.21 Å². The molecule has 0 aliphatic carbocycles. The number of nitrogens with zero attached hydrogens (tertiary/aromatic N) is 2. The summed E-state index contributed by atoms with van der Waals surface area (Å²) in [4.78, 5) is 5.96. The largest absolute Gasteiger partial charge is 0.303 e. The van der Waals surface area contributed by atoms with Crippen molar-refractivity contribution in [3.8, 4) is 0 Å². The predicted molar refractivity (Wildman–Crippen MR) is 50.6 cm³/mol. The van der Waals surface area contributed by atoms with Crippen molar-refractivity contribution in [3.05, 3.63) is 0 Å². The molecule has 0 aliphatic rings. The van der Waals surface area contributed by atoms with E-state index in [1.54, 1.807) is 0 Å². The van der Waals surface area contributed by atoms with Gasteiger partial charge in [0, 0.05) is 20.1 Å². The van der Waals surface area contributed by atoms with Crippen LogP contribution in [0.25, 0.3) is 0 Å². The predicted octanol–water partition coefficient (Wildman–Crippen LogP) is 2.76. The highest BCUT2D eigenvalue weighted by Crippen LogP contribution is 2.19. The summed E-state index contributed by atoms with van der Waals surface area (Å²) in [6.45, 7) is 2.22. The van der Waals surface area contributed by atoms with Crippen molar-refractivity contribution in [2.75, 3.05) is 0 Å². The summed E-state index contributed by atoms with van der Waals surface area (Å²) in [5, 5.41) is 6.78. The Bertz CT molecular complexity index is 296. The maximum absolute atomic E-state index is 12.7. The molecule has 0 atom stereocenters. The van der Waals surface area contributed by atoms with Gasteiger partial charge in [0.05, 0.1) is 0 Å². The van der Waals surface area contributed by atoms with Crippen LogP contribution in [0.2, 0.25) is 0 Å². The lowest BCUT2D eigenvalue weighted by Gasteiger charge is -2.12. The van der Waals surface area contributed by atoms with Gasteiger partial charge in [-0.05, 0) is 6.92 Å². The van der Waals surface area contributed by atoms with E-state index in [-0.39, 0.29) is 0 Å². The van der Waals surface area contributed by atoms with Crippen molar-refractivity contribution in [3.63, 3.8) is 0 Å². The molecule has 1 N–H and O–H groups in total. The van der Waals surface area contributed by atoms with Crippen molar-refractivity contribution in [1.29, 1.82) is 5.41 Å². The molecule has 0 aliphatic heterocycles. The van der Waals surface area contributed by atoms with Crippen LogP contribution >= 0.6 is 0 Å². The van der Waals surface area contributed by atoms with Crippen molar-refractivity contribution < 1.29 is 17.6 Å². The lowest BCUT2D eigenvalue weighted by molar-refractivity contribution is 0.0941. The Morgan fingerprint density at radius 2 is 1.60 bits per heavy atom. The molecular weight excluding hydrogens is 214 g/mol. The second-order valence-corrected chi connectivity index (χ2v) is 2.95. The normalized spacial score (nSPS) is 14.7. The number of rotatable bonds is 2. The van der Waals surface area contributed by atoms with Crippen LogP contribution in [0.3, 0.4) is 0 Å². The Kier molecular flexibility index (Phi) is 4.12. The van der Waals surface area contributed by atoms with Gasteiger partial charge in [-0.2, -0.15) is 17.6 Å². The highest BCUT2D eigenvalue weighted by Gasteiger charge is 2.34. The molecule has 0 rings (SSSR count). The lowest BCUT2D eigenvalue weighted by atomic mass is 10.3. The second-order valence-electron chi connectivity index (χ2n) is 2.95. The Hall–Kier alpha value is -1.27. The summed E-state index contributed by atoms with van der Waals surface area (Å²) in [6, 6.07) is 0. The number of hydrogen-bond acceptors (Lipinski definition) is 1. The highest BCUT2D eigenvalue weighted by molar-refractivity contribution is 6.03. The third-order valence-corrected chi connectivity index (χ3v) is 1.28. The molecule has 0 saturated carbocycles. The second kappa shape index (κ2) is 4.50. The summed E-state index contributed by atoms with van der Waals surface area (Å²) in [6.07, 6.45) is 0.997. The number of aliphatic imine (C=N–C) groups is 2. The minimum absolute atomic E-state index is 0.403. The molecule has 3 nitrogen and oxygen atoms in total. The first-order valence-electron chi connectivity index (χ1n) is 4.01. The molecule has 15 heavy (non-hydrogen) atoms. The van der Waals surface area contributed by atoms with Gasteiger partial charge in [0.15, 0.2) is 11.7 Å². The first-order valence-corrected chi connectivity index (χ1v) is 4.01. The summed E-state index contributed by atoms with van der Waals surface area (Å²) in [5.41, 5.74) is 0. The van der Waals surface area contributed by atoms with E-state index in [2.05, 4.69) is 9.98 Å². The van der Waals surface area contributed by atoms with Crippen LogP contribution < -0.4 is 0 Å². The molecule has 0 radical (unpaired) electrons.